The smallest absolute Gasteiger partial charge is 0.305 e. The summed E-state index contributed by atoms with van der Waals surface area (Å²) in [5, 5.41) is 0. The first-order chi connectivity index (χ1) is 20.2. The van der Waals surface area contributed by atoms with Crippen LogP contribution in [0.2, 0.25) is 0 Å². The fourth-order valence-corrected chi connectivity index (χ4v) is 4.05. The first kappa shape index (κ1) is 39.7. The van der Waals surface area contributed by atoms with Crippen LogP contribution in [0.15, 0.2) is 0 Å². The van der Waals surface area contributed by atoms with Gasteiger partial charge in [0.1, 0.15) is 13.2 Å². The lowest BCUT2D eigenvalue weighted by Crippen LogP contribution is -2.15. The third-order valence-electron chi connectivity index (χ3n) is 6.41. The Morgan fingerprint density at radius 1 is 0.341 bits per heavy atom. The van der Waals surface area contributed by atoms with E-state index in [0.29, 0.717) is 78.9 Å². The maximum absolute atomic E-state index is 11.8. The highest BCUT2D eigenvalue weighted by Crippen LogP contribution is 2.13. The molecule has 0 aromatic rings. The normalized spacial score (nSPS) is 11.2. The van der Waals surface area contributed by atoms with Gasteiger partial charge in [0.05, 0.1) is 66.1 Å². The molecule has 0 fully saturated rings. The number of hydrogen-bond acceptors (Lipinski definition) is 9. The molecule has 0 atom stereocenters. The number of rotatable bonds is 34. The van der Waals surface area contributed by atoms with Crippen LogP contribution < -0.4 is 0 Å². The van der Waals surface area contributed by atoms with Gasteiger partial charge in [0.2, 0.25) is 0 Å². The van der Waals surface area contributed by atoms with Gasteiger partial charge in [-0.15, -0.1) is 0 Å². The predicted octanol–water partition coefficient (Wildman–Crippen LogP) is 6.44. The Balaban J connectivity index is 3.16. The maximum Gasteiger partial charge on any atom is 0.305 e. The number of unbranched alkanes of at least 4 members (excludes halogenated alkanes) is 12. The van der Waals surface area contributed by atoms with Crippen molar-refractivity contribution in [3.8, 4) is 0 Å². The molecule has 0 aliphatic carbocycles. The van der Waals surface area contributed by atoms with Gasteiger partial charge >= 0.3 is 11.9 Å². The summed E-state index contributed by atoms with van der Waals surface area (Å²) in [5.74, 6) is -0.319. The van der Waals surface area contributed by atoms with E-state index in [1.165, 1.54) is 70.6 Å². The Bertz CT molecular complexity index is 545. The predicted molar refractivity (Wildman–Crippen MR) is 161 cm³/mol. The van der Waals surface area contributed by atoms with E-state index in [9.17, 15) is 9.59 Å². The second-order valence-corrected chi connectivity index (χ2v) is 10.2. The third kappa shape index (κ3) is 34.8. The zero-order valence-electron chi connectivity index (χ0n) is 26.5. The van der Waals surface area contributed by atoms with E-state index in [2.05, 4.69) is 6.92 Å². The molecule has 41 heavy (non-hydrogen) atoms. The molecule has 0 aliphatic heterocycles. The molecule has 0 saturated heterocycles. The molecule has 0 radical (unpaired) electrons. The Morgan fingerprint density at radius 2 is 0.634 bits per heavy atom. The second kappa shape index (κ2) is 34.9. The molecule has 9 heteroatoms. The van der Waals surface area contributed by atoms with Crippen molar-refractivity contribution in [3.05, 3.63) is 0 Å². The molecule has 0 unspecified atom stereocenters. The molecule has 0 heterocycles. The minimum Gasteiger partial charge on any atom is -0.463 e. The van der Waals surface area contributed by atoms with Crippen LogP contribution in [0.5, 0.6) is 0 Å². The van der Waals surface area contributed by atoms with Gasteiger partial charge in [0, 0.05) is 12.8 Å². The summed E-state index contributed by atoms with van der Waals surface area (Å²) >= 11 is 0. The largest absolute Gasteiger partial charge is 0.463 e. The standard InChI is InChI=1S/C32H62O9/c1-3-5-6-7-8-9-10-11-12-13-14-15-16-18-32(34)41-30-28-39-26-24-37-22-20-35-19-21-36-23-25-38-27-29-40-31(33)17-4-2/h3-30H2,1-2H3. The average molecular weight is 591 g/mol. The van der Waals surface area contributed by atoms with Crippen molar-refractivity contribution in [1.82, 2.24) is 0 Å². The Kier molecular flexibility index (Phi) is 33.9. The zero-order chi connectivity index (χ0) is 29.9. The van der Waals surface area contributed by atoms with Gasteiger partial charge in [0.25, 0.3) is 0 Å². The number of ether oxygens (including phenoxy) is 7. The van der Waals surface area contributed by atoms with Gasteiger partial charge in [-0.25, -0.2) is 0 Å². The van der Waals surface area contributed by atoms with Crippen LogP contribution in [-0.4, -0.2) is 91.2 Å². The minimum absolute atomic E-state index is 0.133. The highest BCUT2D eigenvalue weighted by molar-refractivity contribution is 5.69. The summed E-state index contributed by atoms with van der Waals surface area (Å²) in [5.41, 5.74) is 0. The molecule has 9 nitrogen and oxygen atoms in total. The summed E-state index contributed by atoms with van der Waals surface area (Å²) in [6.45, 7) is 9.31. The fourth-order valence-electron chi connectivity index (χ4n) is 4.05. The monoisotopic (exact) mass is 590 g/mol. The van der Waals surface area contributed by atoms with Gasteiger partial charge < -0.3 is 33.2 Å². The first-order valence-electron chi connectivity index (χ1n) is 16.4. The number of esters is 2. The average Bonchev–Trinajstić information content (AvgIpc) is 2.96. The van der Waals surface area contributed by atoms with E-state index in [1.54, 1.807) is 0 Å². The molecular formula is C32H62O9. The molecule has 0 saturated carbocycles. The van der Waals surface area contributed by atoms with Gasteiger partial charge in [-0.1, -0.05) is 90.9 Å². The van der Waals surface area contributed by atoms with E-state index < -0.39 is 0 Å². The minimum atomic E-state index is -0.186. The maximum atomic E-state index is 11.8. The topological polar surface area (TPSA) is 98.8 Å². The molecule has 244 valence electrons. The summed E-state index contributed by atoms with van der Waals surface area (Å²) in [7, 11) is 0. The van der Waals surface area contributed by atoms with Crippen molar-refractivity contribution >= 4 is 11.9 Å². The van der Waals surface area contributed by atoms with Crippen molar-refractivity contribution in [2.45, 2.75) is 117 Å². The van der Waals surface area contributed by atoms with E-state index in [-0.39, 0.29) is 25.2 Å². The van der Waals surface area contributed by atoms with Gasteiger partial charge in [-0.2, -0.15) is 0 Å². The van der Waals surface area contributed by atoms with Gasteiger partial charge in [-0.3, -0.25) is 9.59 Å². The zero-order valence-corrected chi connectivity index (χ0v) is 26.5. The Labute approximate surface area is 250 Å². The van der Waals surface area contributed by atoms with E-state index in [4.69, 9.17) is 33.2 Å². The van der Waals surface area contributed by atoms with Crippen molar-refractivity contribution in [2.75, 3.05) is 79.3 Å². The Morgan fingerprint density at radius 3 is 0.976 bits per heavy atom. The number of hydrogen-bond donors (Lipinski definition) is 0. The van der Waals surface area contributed by atoms with E-state index >= 15 is 0 Å². The summed E-state index contributed by atoms with van der Waals surface area (Å²) in [6, 6.07) is 0. The molecule has 0 aromatic heterocycles. The SMILES string of the molecule is CCCCCCCCCCCCCCCC(=O)OCCOCCOCCOCCOCCOCCOC(=O)CCC. The van der Waals surface area contributed by atoms with Crippen LogP contribution in [0, 0.1) is 0 Å². The molecule has 0 aromatic carbocycles. The first-order valence-corrected chi connectivity index (χ1v) is 16.4. The molecule has 0 aliphatic rings. The summed E-state index contributed by atoms with van der Waals surface area (Å²) in [4.78, 5) is 23.0. The lowest BCUT2D eigenvalue weighted by atomic mass is 10.0. The number of carbonyl (C=O) groups is 2. The lowest BCUT2D eigenvalue weighted by molar-refractivity contribution is -0.146. The van der Waals surface area contributed by atoms with E-state index in [1.807, 2.05) is 6.92 Å². The van der Waals surface area contributed by atoms with Crippen LogP contribution in [0.1, 0.15) is 117 Å². The molecular weight excluding hydrogens is 528 g/mol. The van der Waals surface area contributed by atoms with Gasteiger partial charge in [-0.05, 0) is 12.8 Å². The lowest BCUT2D eigenvalue weighted by Gasteiger charge is -2.08. The number of carbonyl (C=O) groups excluding carboxylic acids is 2. The van der Waals surface area contributed by atoms with Crippen molar-refractivity contribution in [1.29, 1.82) is 0 Å². The van der Waals surface area contributed by atoms with Crippen molar-refractivity contribution in [2.24, 2.45) is 0 Å². The molecule has 0 rings (SSSR count). The van der Waals surface area contributed by atoms with Crippen molar-refractivity contribution in [3.63, 3.8) is 0 Å². The highest BCUT2D eigenvalue weighted by Gasteiger charge is 2.03. The van der Waals surface area contributed by atoms with Crippen LogP contribution in [0.25, 0.3) is 0 Å². The molecule has 0 spiro atoms. The third-order valence-corrected chi connectivity index (χ3v) is 6.41. The highest BCUT2D eigenvalue weighted by atomic mass is 16.6. The quantitative estimate of drug-likeness (QED) is 0.0619. The van der Waals surface area contributed by atoms with E-state index in [0.717, 1.165) is 19.3 Å². The van der Waals surface area contributed by atoms with Gasteiger partial charge in [0.15, 0.2) is 0 Å². The fraction of sp³-hybridized carbons (Fsp3) is 0.938. The van der Waals surface area contributed by atoms with Crippen molar-refractivity contribution < 1.29 is 42.7 Å². The molecule has 0 bridgehead atoms. The van der Waals surface area contributed by atoms with Crippen LogP contribution in [-0.2, 0) is 42.7 Å². The second-order valence-electron chi connectivity index (χ2n) is 10.2. The molecule has 0 N–H and O–H groups in total. The summed E-state index contributed by atoms with van der Waals surface area (Å²) in [6.07, 6.45) is 18.6. The molecule has 0 amide bonds. The van der Waals surface area contributed by atoms with Crippen LogP contribution >= 0.6 is 0 Å². The van der Waals surface area contributed by atoms with Crippen LogP contribution in [0.4, 0.5) is 0 Å². The van der Waals surface area contributed by atoms with Crippen LogP contribution in [0.3, 0.4) is 0 Å². The summed E-state index contributed by atoms with van der Waals surface area (Å²) < 4.78 is 37.3. The Hall–Kier alpha value is -1.26.